The highest BCUT2D eigenvalue weighted by molar-refractivity contribution is 5.95. The number of nitrogens with two attached hydrogens (primary N) is 1. The molecule has 0 bridgehead atoms. The van der Waals surface area contributed by atoms with Gasteiger partial charge < -0.3 is 10.5 Å². The Labute approximate surface area is 123 Å². The highest BCUT2D eigenvalue weighted by Gasteiger charge is 2.22. The van der Waals surface area contributed by atoms with Crippen molar-refractivity contribution >= 4 is 17.3 Å². The zero-order valence-electron chi connectivity index (χ0n) is 11.0. The Bertz CT molecular complexity index is 774. The quantitative estimate of drug-likeness (QED) is 0.664. The molecule has 2 N–H and O–H groups in total. The number of nitro groups is 2. The summed E-state index contributed by atoms with van der Waals surface area (Å²) < 4.78 is 5.33. The van der Waals surface area contributed by atoms with Crippen LogP contribution in [0.1, 0.15) is 10.4 Å². The van der Waals surface area contributed by atoms with Crippen molar-refractivity contribution in [3.8, 4) is 11.5 Å². The molecule has 0 aromatic heterocycles. The second-order valence-electron chi connectivity index (χ2n) is 4.13. The Hall–Kier alpha value is -3.49. The summed E-state index contributed by atoms with van der Waals surface area (Å²) in [6.07, 6.45) is 0. The highest BCUT2D eigenvalue weighted by Crippen LogP contribution is 2.35. The number of carbonyl (C=O) groups is 1. The largest absolute Gasteiger partial charge is 0.449 e. The van der Waals surface area contributed by atoms with E-state index in [2.05, 4.69) is 0 Å². The molecule has 0 heterocycles. The lowest BCUT2D eigenvalue weighted by Gasteiger charge is -2.09. The number of carbonyl (C=O) groups excluding carboxylic acids is 1. The molecule has 2 aromatic rings. The molecule has 0 atom stereocenters. The minimum atomic E-state index is -0.810. The van der Waals surface area contributed by atoms with Crippen LogP contribution in [0.2, 0.25) is 0 Å². The molecule has 0 radical (unpaired) electrons. The molecule has 1 amide bonds. The zero-order valence-corrected chi connectivity index (χ0v) is 11.0. The number of para-hydroxylation sites is 1. The summed E-state index contributed by atoms with van der Waals surface area (Å²) in [6, 6.07) is 8.85. The minimum absolute atomic E-state index is 0.0203. The number of benzene rings is 2. The molecular formula is C13H9N3O6. The molecule has 0 fully saturated rings. The first-order valence-corrected chi connectivity index (χ1v) is 5.89. The molecule has 22 heavy (non-hydrogen) atoms. The SMILES string of the molecule is NC(=O)c1ccccc1Oc1ccc([N+](=O)[O-])cc1[N+](=O)[O-]. The van der Waals surface area contributed by atoms with Crippen LogP contribution in [0.5, 0.6) is 11.5 Å². The summed E-state index contributed by atoms with van der Waals surface area (Å²) in [5.74, 6) is -0.976. The molecule has 9 nitrogen and oxygen atoms in total. The van der Waals surface area contributed by atoms with Crippen molar-refractivity contribution in [1.82, 2.24) is 0 Å². The molecule has 0 spiro atoms. The van der Waals surface area contributed by atoms with Gasteiger partial charge in [0.05, 0.1) is 21.5 Å². The number of non-ortho nitro benzene ring substituents is 1. The van der Waals surface area contributed by atoms with Crippen LogP contribution in [0.3, 0.4) is 0 Å². The highest BCUT2D eigenvalue weighted by atomic mass is 16.6. The molecule has 0 aliphatic carbocycles. The van der Waals surface area contributed by atoms with Crippen molar-refractivity contribution in [2.75, 3.05) is 0 Å². The number of hydrogen-bond acceptors (Lipinski definition) is 6. The monoisotopic (exact) mass is 303 g/mol. The van der Waals surface area contributed by atoms with Gasteiger partial charge >= 0.3 is 5.69 Å². The van der Waals surface area contributed by atoms with Crippen LogP contribution in [0.4, 0.5) is 11.4 Å². The number of ether oxygens (including phenoxy) is 1. The summed E-state index contributed by atoms with van der Waals surface area (Å²) in [5.41, 5.74) is 4.19. The van der Waals surface area contributed by atoms with Gasteiger partial charge in [0, 0.05) is 6.07 Å². The van der Waals surface area contributed by atoms with E-state index in [1.165, 1.54) is 12.1 Å². The Morgan fingerprint density at radius 3 is 2.27 bits per heavy atom. The van der Waals surface area contributed by atoms with Crippen LogP contribution in [0.15, 0.2) is 42.5 Å². The first-order chi connectivity index (χ1) is 10.4. The Morgan fingerprint density at radius 1 is 1.00 bits per heavy atom. The molecule has 0 aliphatic rings. The Morgan fingerprint density at radius 2 is 1.68 bits per heavy atom. The molecule has 2 aromatic carbocycles. The molecular weight excluding hydrogens is 294 g/mol. The van der Waals surface area contributed by atoms with Crippen LogP contribution in [0.25, 0.3) is 0 Å². The number of nitrogens with zero attached hydrogens (tertiary/aromatic N) is 2. The average molecular weight is 303 g/mol. The van der Waals surface area contributed by atoms with Crippen LogP contribution >= 0.6 is 0 Å². The second-order valence-corrected chi connectivity index (χ2v) is 4.13. The Balaban J connectivity index is 2.48. The van der Waals surface area contributed by atoms with E-state index in [0.717, 1.165) is 18.2 Å². The predicted octanol–water partition coefficient (Wildman–Crippen LogP) is 2.39. The van der Waals surface area contributed by atoms with E-state index in [0.29, 0.717) is 0 Å². The topological polar surface area (TPSA) is 139 Å². The van der Waals surface area contributed by atoms with Gasteiger partial charge in [0.2, 0.25) is 5.75 Å². The predicted molar refractivity (Wildman–Crippen MR) is 74.8 cm³/mol. The van der Waals surface area contributed by atoms with Crippen molar-refractivity contribution in [2.45, 2.75) is 0 Å². The van der Waals surface area contributed by atoms with Gasteiger partial charge in [-0.2, -0.15) is 0 Å². The van der Waals surface area contributed by atoms with Crippen molar-refractivity contribution in [1.29, 1.82) is 0 Å². The van der Waals surface area contributed by atoms with Gasteiger partial charge in [0.15, 0.2) is 0 Å². The lowest BCUT2D eigenvalue weighted by molar-refractivity contribution is -0.394. The maximum atomic E-state index is 11.3. The number of rotatable bonds is 5. The third-order valence-corrected chi connectivity index (χ3v) is 2.72. The summed E-state index contributed by atoms with van der Waals surface area (Å²) in [7, 11) is 0. The summed E-state index contributed by atoms with van der Waals surface area (Å²) in [4.78, 5) is 31.4. The molecule has 9 heteroatoms. The van der Waals surface area contributed by atoms with Gasteiger partial charge in [0.25, 0.3) is 11.6 Å². The van der Waals surface area contributed by atoms with Crippen molar-refractivity contribution in [3.63, 3.8) is 0 Å². The van der Waals surface area contributed by atoms with E-state index in [-0.39, 0.29) is 17.1 Å². The maximum absolute atomic E-state index is 11.3. The Kier molecular flexibility index (Phi) is 3.98. The van der Waals surface area contributed by atoms with E-state index >= 15 is 0 Å². The van der Waals surface area contributed by atoms with Gasteiger partial charge in [-0.3, -0.25) is 25.0 Å². The normalized spacial score (nSPS) is 10.0. The third kappa shape index (κ3) is 2.98. The minimum Gasteiger partial charge on any atom is -0.449 e. The first kappa shape index (κ1) is 14.9. The van der Waals surface area contributed by atoms with E-state index in [1.807, 2.05) is 0 Å². The fraction of sp³-hybridized carbons (Fsp3) is 0. The van der Waals surface area contributed by atoms with Crippen molar-refractivity contribution < 1.29 is 19.4 Å². The maximum Gasteiger partial charge on any atom is 0.318 e. The lowest BCUT2D eigenvalue weighted by Crippen LogP contribution is -2.12. The average Bonchev–Trinajstić information content (AvgIpc) is 2.47. The molecule has 112 valence electrons. The van der Waals surface area contributed by atoms with Crippen molar-refractivity contribution in [2.24, 2.45) is 5.73 Å². The lowest BCUT2D eigenvalue weighted by atomic mass is 10.2. The van der Waals surface area contributed by atoms with E-state index in [1.54, 1.807) is 12.1 Å². The number of primary amides is 1. The molecule has 2 rings (SSSR count). The van der Waals surface area contributed by atoms with E-state index < -0.39 is 27.1 Å². The fourth-order valence-electron chi connectivity index (χ4n) is 1.73. The molecule has 0 saturated carbocycles. The van der Waals surface area contributed by atoms with Crippen molar-refractivity contribution in [3.05, 3.63) is 68.3 Å². The van der Waals surface area contributed by atoms with Crippen LogP contribution < -0.4 is 10.5 Å². The first-order valence-electron chi connectivity index (χ1n) is 5.89. The molecule has 0 saturated heterocycles. The van der Waals surface area contributed by atoms with Gasteiger partial charge in [0.1, 0.15) is 5.75 Å². The summed E-state index contributed by atoms with van der Waals surface area (Å²) in [5, 5.41) is 21.7. The van der Waals surface area contributed by atoms with Gasteiger partial charge in [-0.15, -0.1) is 0 Å². The number of nitro benzene ring substituents is 2. The molecule has 0 unspecified atom stereocenters. The standard InChI is InChI=1S/C13H9N3O6/c14-13(17)9-3-1-2-4-11(9)22-12-6-5-8(15(18)19)7-10(12)16(20)21/h1-7H,(H2,14,17). The number of hydrogen-bond donors (Lipinski definition) is 1. The van der Waals surface area contributed by atoms with Crippen LogP contribution in [-0.2, 0) is 0 Å². The van der Waals surface area contributed by atoms with Crippen LogP contribution in [-0.4, -0.2) is 15.8 Å². The van der Waals surface area contributed by atoms with Gasteiger partial charge in [-0.05, 0) is 18.2 Å². The third-order valence-electron chi connectivity index (χ3n) is 2.72. The van der Waals surface area contributed by atoms with E-state index in [9.17, 15) is 25.0 Å². The zero-order chi connectivity index (χ0) is 16.3. The smallest absolute Gasteiger partial charge is 0.318 e. The summed E-state index contributed by atoms with van der Waals surface area (Å²) in [6.45, 7) is 0. The fourth-order valence-corrected chi connectivity index (χ4v) is 1.73. The van der Waals surface area contributed by atoms with Gasteiger partial charge in [-0.1, -0.05) is 12.1 Å². The number of amides is 1. The summed E-state index contributed by atoms with van der Waals surface area (Å²) >= 11 is 0. The van der Waals surface area contributed by atoms with Gasteiger partial charge in [-0.25, -0.2) is 0 Å². The van der Waals surface area contributed by atoms with Crippen LogP contribution in [0, 0.1) is 20.2 Å². The second kappa shape index (κ2) is 5.87. The van der Waals surface area contributed by atoms with E-state index in [4.69, 9.17) is 10.5 Å². The molecule has 0 aliphatic heterocycles.